The minimum atomic E-state index is -0.333. The Hall–Kier alpha value is -1.28. The lowest BCUT2D eigenvalue weighted by molar-refractivity contribution is 0.102. The smallest absolute Gasteiger partial charge is 0.275 e. The standard InChI is InChI=1S/C10H8ClIN4O/c11-5-1-2-8(6(12)3-5)15-10(17)9-7(13)4-14-16-9/h1-4H,13H2,(H,14,16)(H,15,17). The van der Waals surface area contributed by atoms with Crippen molar-refractivity contribution in [2.24, 2.45) is 0 Å². The second-order valence-corrected chi connectivity index (χ2v) is 4.88. The third-order valence-electron chi connectivity index (χ3n) is 2.08. The summed E-state index contributed by atoms with van der Waals surface area (Å²) in [5.41, 5.74) is 6.81. The summed E-state index contributed by atoms with van der Waals surface area (Å²) in [5.74, 6) is -0.333. The molecule has 1 aromatic heterocycles. The van der Waals surface area contributed by atoms with Crippen LogP contribution < -0.4 is 11.1 Å². The molecule has 0 aliphatic carbocycles. The number of carbonyl (C=O) groups is 1. The van der Waals surface area contributed by atoms with E-state index >= 15 is 0 Å². The predicted octanol–water partition coefficient (Wildman–Crippen LogP) is 2.50. The molecule has 4 N–H and O–H groups in total. The van der Waals surface area contributed by atoms with Crippen molar-refractivity contribution < 1.29 is 4.79 Å². The van der Waals surface area contributed by atoms with Gasteiger partial charge in [-0.3, -0.25) is 9.89 Å². The maximum Gasteiger partial charge on any atom is 0.275 e. The number of hydrogen-bond acceptors (Lipinski definition) is 3. The summed E-state index contributed by atoms with van der Waals surface area (Å²) in [6.45, 7) is 0. The predicted molar refractivity (Wildman–Crippen MR) is 75.1 cm³/mol. The molecule has 0 saturated heterocycles. The number of carbonyl (C=O) groups excluding carboxylic acids is 1. The summed E-state index contributed by atoms with van der Waals surface area (Å²) in [5, 5.41) is 9.57. The number of nitrogens with one attached hydrogen (secondary N) is 2. The number of rotatable bonds is 2. The molecule has 0 fully saturated rings. The maximum absolute atomic E-state index is 11.8. The van der Waals surface area contributed by atoms with E-state index in [9.17, 15) is 4.79 Å². The number of nitrogen functional groups attached to an aromatic ring is 1. The maximum atomic E-state index is 11.8. The number of aromatic amines is 1. The van der Waals surface area contributed by atoms with Gasteiger partial charge in [0.2, 0.25) is 0 Å². The van der Waals surface area contributed by atoms with Crippen molar-refractivity contribution in [3.05, 3.63) is 38.7 Å². The van der Waals surface area contributed by atoms with Crippen molar-refractivity contribution in [1.82, 2.24) is 10.2 Å². The summed E-state index contributed by atoms with van der Waals surface area (Å²) in [4.78, 5) is 11.8. The molecule has 0 radical (unpaired) electrons. The Morgan fingerprint density at radius 1 is 1.53 bits per heavy atom. The molecule has 0 bridgehead atoms. The first-order chi connectivity index (χ1) is 8.08. The average Bonchev–Trinajstić information content (AvgIpc) is 2.68. The lowest BCUT2D eigenvalue weighted by atomic mass is 10.3. The molecule has 0 aliphatic heterocycles. The second kappa shape index (κ2) is 4.92. The van der Waals surface area contributed by atoms with Crippen molar-refractivity contribution in [2.75, 3.05) is 11.1 Å². The van der Waals surface area contributed by atoms with E-state index in [0.717, 1.165) is 3.57 Å². The highest BCUT2D eigenvalue weighted by Gasteiger charge is 2.13. The van der Waals surface area contributed by atoms with Crippen LogP contribution in [0.5, 0.6) is 0 Å². The lowest BCUT2D eigenvalue weighted by Gasteiger charge is -2.06. The van der Waals surface area contributed by atoms with Crippen LogP contribution in [0.15, 0.2) is 24.4 Å². The molecule has 0 atom stereocenters. The SMILES string of the molecule is Nc1cn[nH]c1C(=O)Nc1ccc(Cl)cc1I. The zero-order chi connectivity index (χ0) is 12.4. The number of H-pyrrole nitrogens is 1. The Morgan fingerprint density at radius 2 is 2.29 bits per heavy atom. The first-order valence-corrected chi connectivity index (χ1v) is 6.09. The molecule has 2 rings (SSSR count). The van der Waals surface area contributed by atoms with E-state index in [1.165, 1.54) is 6.20 Å². The molecule has 2 aromatic rings. The van der Waals surface area contributed by atoms with Crippen LogP contribution in [0.3, 0.4) is 0 Å². The minimum absolute atomic E-state index is 0.246. The fourth-order valence-electron chi connectivity index (χ4n) is 1.25. The van der Waals surface area contributed by atoms with Crippen molar-refractivity contribution in [1.29, 1.82) is 0 Å². The molecule has 5 nitrogen and oxygen atoms in total. The summed E-state index contributed by atoms with van der Waals surface area (Å²) >= 11 is 7.91. The molecule has 88 valence electrons. The van der Waals surface area contributed by atoms with Crippen molar-refractivity contribution in [2.45, 2.75) is 0 Å². The van der Waals surface area contributed by atoms with Crippen LogP contribution in [-0.4, -0.2) is 16.1 Å². The highest BCUT2D eigenvalue weighted by molar-refractivity contribution is 14.1. The molecule has 0 unspecified atom stereocenters. The van der Waals surface area contributed by atoms with Gasteiger partial charge >= 0.3 is 0 Å². The Bertz CT molecular complexity index is 569. The third-order valence-corrected chi connectivity index (χ3v) is 3.20. The monoisotopic (exact) mass is 362 g/mol. The highest BCUT2D eigenvalue weighted by Crippen LogP contribution is 2.23. The summed E-state index contributed by atoms with van der Waals surface area (Å²) in [6, 6.07) is 5.19. The number of hydrogen-bond donors (Lipinski definition) is 3. The van der Waals surface area contributed by atoms with Crippen LogP contribution in [0.25, 0.3) is 0 Å². The topological polar surface area (TPSA) is 83.8 Å². The molecule has 1 aromatic carbocycles. The van der Waals surface area contributed by atoms with Gasteiger partial charge in [-0.1, -0.05) is 11.6 Å². The molecule has 1 amide bonds. The zero-order valence-electron chi connectivity index (χ0n) is 8.50. The molecule has 17 heavy (non-hydrogen) atoms. The van der Waals surface area contributed by atoms with Crippen molar-refractivity contribution in [3.63, 3.8) is 0 Å². The number of anilines is 2. The Morgan fingerprint density at radius 3 is 2.88 bits per heavy atom. The van der Waals surface area contributed by atoms with Crippen LogP contribution in [0.4, 0.5) is 11.4 Å². The second-order valence-electron chi connectivity index (χ2n) is 3.28. The Labute approximate surface area is 116 Å². The van der Waals surface area contributed by atoms with E-state index < -0.39 is 0 Å². The van der Waals surface area contributed by atoms with E-state index in [1.807, 2.05) is 0 Å². The highest BCUT2D eigenvalue weighted by atomic mass is 127. The van der Waals surface area contributed by atoms with E-state index in [-0.39, 0.29) is 11.6 Å². The van der Waals surface area contributed by atoms with Gasteiger partial charge in [0.25, 0.3) is 5.91 Å². The normalized spacial score (nSPS) is 10.2. The van der Waals surface area contributed by atoms with Gasteiger partial charge in [-0.25, -0.2) is 0 Å². The summed E-state index contributed by atoms with van der Waals surface area (Å²) in [7, 11) is 0. The molecule has 7 heteroatoms. The van der Waals surface area contributed by atoms with E-state index in [4.69, 9.17) is 17.3 Å². The molecular formula is C10H8ClIN4O. The zero-order valence-corrected chi connectivity index (χ0v) is 11.4. The first kappa shape index (κ1) is 12.2. The van der Waals surface area contributed by atoms with Gasteiger partial charge in [0.15, 0.2) is 0 Å². The quantitative estimate of drug-likeness (QED) is 0.718. The van der Waals surface area contributed by atoms with E-state index in [1.54, 1.807) is 18.2 Å². The van der Waals surface area contributed by atoms with Crippen LogP contribution in [0.2, 0.25) is 5.02 Å². The number of benzene rings is 1. The Kier molecular flexibility index (Phi) is 3.53. The number of halogens is 2. The van der Waals surface area contributed by atoms with Gasteiger partial charge in [0.1, 0.15) is 5.69 Å². The van der Waals surface area contributed by atoms with Gasteiger partial charge in [0.05, 0.1) is 17.6 Å². The fourth-order valence-corrected chi connectivity index (χ4v) is 2.26. The van der Waals surface area contributed by atoms with Crippen LogP contribution in [0.1, 0.15) is 10.5 Å². The number of nitrogens with zero attached hydrogens (tertiary/aromatic N) is 1. The van der Waals surface area contributed by atoms with Gasteiger partial charge in [-0.2, -0.15) is 5.10 Å². The molecule has 1 heterocycles. The largest absolute Gasteiger partial charge is 0.396 e. The number of nitrogens with two attached hydrogens (primary N) is 1. The van der Waals surface area contributed by atoms with Gasteiger partial charge in [-0.15, -0.1) is 0 Å². The third kappa shape index (κ3) is 2.70. The van der Waals surface area contributed by atoms with E-state index in [0.29, 0.717) is 16.4 Å². The minimum Gasteiger partial charge on any atom is -0.396 e. The van der Waals surface area contributed by atoms with Gasteiger partial charge in [0, 0.05) is 8.59 Å². The number of amides is 1. The van der Waals surface area contributed by atoms with E-state index in [2.05, 4.69) is 38.1 Å². The molecule has 0 aliphatic rings. The van der Waals surface area contributed by atoms with Crippen LogP contribution in [-0.2, 0) is 0 Å². The molecule has 0 spiro atoms. The van der Waals surface area contributed by atoms with Crippen molar-refractivity contribution in [3.8, 4) is 0 Å². The number of aromatic nitrogens is 2. The van der Waals surface area contributed by atoms with Crippen molar-refractivity contribution >= 4 is 51.5 Å². The average molecular weight is 363 g/mol. The van der Waals surface area contributed by atoms with Crippen LogP contribution >= 0.6 is 34.2 Å². The molecular weight excluding hydrogens is 354 g/mol. The summed E-state index contributed by atoms with van der Waals surface area (Å²) in [6.07, 6.45) is 1.39. The van der Waals surface area contributed by atoms with Crippen LogP contribution in [0, 0.1) is 3.57 Å². The summed E-state index contributed by atoms with van der Waals surface area (Å²) < 4.78 is 0.849. The fraction of sp³-hybridized carbons (Fsp3) is 0. The van der Waals surface area contributed by atoms with Gasteiger partial charge in [-0.05, 0) is 40.8 Å². The molecule has 0 saturated carbocycles. The first-order valence-electron chi connectivity index (χ1n) is 4.63. The van der Waals surface area contributed by atoms with Gasteiger partial charge < -0.3 is 11.1 Å². The Balaban J connectivity index is 2.22. The lowest BCUT2D eigenvalue weighted by Crippen LogP contribution is -2.14.